The highest BCUT2D eigenvalue weighted by Crippen LogP contribution is 2.25. The number of benzene rings is 1. The average molecular weight is 237 g/mol. The molecule has 1 fully saturated rings. The van der Waals surface area contributed by atoms with Gasteiger partial charge in [0.15, 0.2) is 0 Å². The number of hydrogen-bond acceptors (Lipinski definition) is 3. The monoisotopic (exact) mass is 236 g/mol. The Morgan fingerprint density at radius 2 is 2.06 bits per heavy atom. The van der Waals surface area contributed by atoms with Crippen LogP contribution in [0.4, 0.5) is 0 Å². The SMILES string of the molecule is N#CC1(CNCc2ccc(Cl)cc2)COC1. The number of nitrogens with zero attached hydrogens (tertiary/aromatic N) is 1. The molecule has 0 aliphatic carbocycles. The molecule has 0 radical (unpaired) electrons. The Morgan fingerprint density at radius 1 is 1.38 bits per heavy atom. The Bertz CT molecular complexity index is 392. The molecule has 1 N–H and O–H groups in total. The second kappa shape index (κ2) is 4.84. The minimum Gasteiger partial charge on any atom is -0.378 e. The van der Waals surface area contributed by atoms with E-state index in [1.165, 1.54) is 0 Å². The van der Waals surface area contributed by atoms with Crippen molar-refractivity contribution in [3.8, 4) is 6.07 Å². The van der Waals surface area contributed by atoms with Gasteiger partial charge in [0.1, 0.15) is 5.41 Å². The standard InChI is InChI=1S/C12H13ClN2O/c13-11-3-1-10(2-4-11)5-15-7-12(6-14)8-16-9-12/h1-4,15H,5,7-9H2. The number of nitriles is 1. The summed E-state index contributed by atoms with van der Waals surface area (Å²) in [5.41, 5.74) is 0.851. The molecule has 0 spiro atoms. The van der Waals surface area contributed by atoms with Gasteiger partial charge in [0, 0.05) is 18.1 Å². The van der Waals surface area contributed by atoms with Crippen molar-refractivity contribution in [3.63, 3.8) is 0 Å². The molecule has 0 saturated carbocycles. The van der Waals surface area contributed by atoms with Crippen molar-refractivity contribution in [1.29, 1.82) is 5.26 Å². The van der Waals surface area contributed by atoms with Gasteiger partial charge in [0.2, 0.25) is 0 Å². The third-order valence-electron chi connectivity index (χ3n) is 2.70. The summed E-state index contributed by atoms with van der Waals surface area (Å²) in [6, 6.07) is 9.99. The molecule has 1 aliphatic rings. The van der Waals surface area contributed by atoms with Crippen molar-refractivity contribution in [2.75, 3.05) is 19.8 Å². The molecule has 4 heteroatoms. The molecule has 1 saturated heterocycles. The fourth-order valence-electron chi connectivity index (χ4n) is 1.60. The maximum absolute atomic E-state index is 8.98. The second-order valence-electron chi connectivity index (χ2n) is 4.11. The van der Waals surface area contributed by atoms with Crippen LogP contribution in [0.5, 0.6) is 0 Å². The third kappa shape index (κ3) is 2.53. The van der Waals surface area contributed by atoms with Crippen LogP contribution < -0.4 is 5.32 Å². The Hall–Kier alpha value is -1.08. The molecule has 0 atom stereocenters. The first kappa shape index (κ1) is 11.4. The normalized spacial score (nSPS) is 17.5. The van der Waals surface area contributed by atoms with Crippen LogP contribution in [0.2, 0.25) is 5.02 Å². The lowest BCUT2D eigenvalue weighted by Crippen LogP contribution is -2.48. The first-order chi connectivity index (χ1) is 7.74. The zero-order chi connectivity index (χ0) is 11.4. The molecular formula is C12H13ClN2O. The highest BCUT2D eigenvalue weighted by molar-refractivity contribution is 6.30. The van der Waals surface area contributed by atoms with E-state index in [1.54, 1.807) is 0 Å². The molecule has 1 aromatic carbocycles. The fourth-order valence-corrected chi connectivity index (χ4v) is 1.73. The van der Waals surface area contributed by atoms with Crippen LogP contribution in [-0.2, 0) is 11.3 Å². The molecule has 2 rings (SSSR count). The first-order valence-corrected chi connectivity index (χ1v) is 5.56. The largest absolute Gasteiger partial charge is 0.378 e. The zero-order valence-electron chi connectivity index (χ0n) is 8.87. The van der Waals surface area contributed by atoms with E-state index < -0.39 is 0 Å². The van der Waals surface area contributed by atoms with E-state index >= 15 is 0 Å². The van der Waals surface area contributed by atoms with Crippen LogP contribution in [0.15, 0.2) is 24.3 Å². The van der Waals surface area contributed by atoms with Gasteiger partial charge in [0.25, 0.3) is 0 Å². The number of ether oxygens (including phenoxy) is 1. The topological polar surface area (TPSA) is 45.0 Å². The van der Waals surface area contributed by atoms with Gasteiger partial charge in [-0.3, -0.25) is 0 Å². The summed E-state index contributed by atoms with van der Waals surface area (Å²) in [7, 11) is 0. The molecule has 16 heavy (non-hydrogen) atoms. The van der Waals surface area contributed by atoms with E-state index in [2.05, 4.69) is 11.4 Å². The fraction of sp³-hybridized carbons (Fsp3) is 0.417. The minimum absolute atomic E-state index is 0.313. The van der Waals surface area contributed by atoms with Gasteiger partial charge in [-0.2, -0.15) is 5.26 Å². The summed E-state index contributed by atoms with van der Waals surface area (Å²) in [5, 5.41) is 13.0. The van der Waals surface area contributed by atoms with Crippen molar-refractivity contribution in [2.45, 2.75) is 6.54 Å². The van der Waals surface area contributed by atoms with Gasteiger partial charge in [-0.05, 0) is 17.7 Å². The summed E-state index contributed by atoms with van der Waals surface area (Å²) < 4.78 is 5.07. The molecule has 1 aliphatic heterocycles. The molecular weight excluding hydrogens is 224 g/mol. The van der Waals surface area contributed by atoms with Crippen LogP contribution in [-0.4, -0.2) is 19.8 Å². The van der Waals surface area contributed by atoms with Crippen molar-refractivity contribution >= 4 is 11.6 Å². The number of nitrogens with one attached hydrogen (secondary N) is 1. The van der Waals surface area contributed by atoms with Crippen LogP contribution in [0.3, 0.4) is 0 Å². The quantitative estimate of drug-likeness (QED) is 0.870. The first-order valence-electron chi connectivity index (χ1n) is 5.18. The van der Waals surface area contributed by atoms with Crippen LogP contribution in [0.25, 0.3) is 0 Å². The van der Waals surface area contributed by atoms with Gasteiger partial charge in [-0.25, -0.2) is 0 Å². The molecule has 0 aromatic heterocycles. The minimum atomic E-state index is -0.313. The smallest absolute Gasteiger partial charge is 0.116 e. The molecule has 1 aromatic rings. The summed E-state index contributed by atoms with van der Waals surface area (Å²) in [6.45, 7) is 2.50. The maximum Gasteiger partial charge on any atom is 0.116 e. The predicted molar refractivity (Wildman–Crippen MR) is 62.0 cm³/mol. The number of hydrogen-bond donors (Lipinski definition) is 1. The van der Waals surface area contributed by atoms with E-state index in [1.807, 2.05) is 24.3 Å². The summed E-state index contributed by atoms with van der Waals surface area (Å²) >= 11 is 5.79. The van der Waals surface area contributed by atoms with Gasteiger partial charge in [-0.1, -0.05) is 23.7 Å². The number of rotatable bonds is 4. The summed E-state index contributed by atoms with van der Waals surface area (Å²) in [5.74, 6) is 0. The highest BCUT2D eigenvalue weighted by atomic mass is 35.5. The zero-order valence-corrected chi connectivity index (χ0v) is 9.63. The van der Waals surface area contributed by atoms with E-state index in [0.29, 0.717) is 19.8 Å². The molecule has 1 heterocycles. The van der Waals surface area contributed by atoms with E-state index in [-0.39, 0.29) is 5.41 Å². The van der Waals surface area contributed by atoms with E-state index in [4.69, 9.17) is 21.6 Å². The highest BCUT2D eigenvalue weighted by Gasteiger charge is 2.38. The van der Waals surface area contributed by atoms with E-state index in [0.717, 1.165) is 17.1 Å². The Balaban J connectivity index is 1.80. The van der Waals surface area contributed by atoms with Crippen molar-refractivity contribution < 1.29 is 4.74 Å². The van der Waals surface area contributed by atoms with Crippen LogP contribution >= 0.6 is 11.6 Å². The van der Waals surface area contributed by atoms with Gasteiger partial charge in [0.05, 0.1) is 19.3 Å². The Morgan fingerprint density at radius 3 is 2.56 bits per heavy atom. The van der Waals surface area contributed by atoms with Crippen molar-refractivity contribution in [3.05, 3.63) is 34.9 Å². The summed E-state index contributed by atoms with van der Waals surface area (Å²) in [6.07, 6.45) is 0. The van der Waals surface area contributed by atoms with Crippen LogP contribution in [0.1, 0.15) is 5.56 Å². The summed E-state index contributed by atoms with van der Waals surface area (Å²) in [4.78, 5) is 0. The maximum atomic E-state index is 8.98. The lowest BCUT2D eigenvalue weighted by Gasteiger charge is -2.35. The van der Waals surface area contributed by atoms with Crippen LogP contribution in [0, 0.1) is 16.7 Å². The van der Waals surface area contributed by atoms with Crippen molar-refractivity contribution in [2.24, 2.45) is 5.41 Å². The Kier molecular flexibility index (Phi) is 3.45. The lowest BCUT2D eigenvalue weighted by molar-refractivity contribution is -0.0755. The molecule has 0 unspecified atom stereocenters. The van der Waals surface area contributed by atoms with Gasteiger partial charge < -0.3 is 10.1 Å². The van der Waals surface area contributed by atoms with E-state index in [9.17, 15) is 0 Å². The lowest BCUT2D eigenvalue weighted by atomic mass is 9.88. The molecule has 0 bridgehead atoms. The predicted octanol–water partition coefficient (Wildman–Crippen LogP) is 1.97. The van der Waals surface area contributed by atoms with Gasteiger partial charge in [-0.15, -0.1) is 0 Å². The second-order valence-corrected chi connectivity index (χ2v) is 4.55. The Labute approximate surface area is 100.0 Å². The number of halogens is 1. The average Bonchev–Trinajstić information content (AvgIpc) is 2.25. The third-order valence-corrected chi connectivity index (χ3v) is 2.95. The van der Waals surface area contributed by atoms with Crippen molar-refractivity contribution in [1.82, 2.24) is 5.32 Å². The molecule has 0 amide bonds. The molecule has 3 nitrogen and oxygen atoms in total. The molecule has 84 valence electrons. The van der Waals surface area contributed by atoms with Gasteiger partial charge >= 0.3 is 0 Å².